The fraction of sp³-hybridized carbons (Fsp3) is 0.591. The number of carbonyl (C=O) groups excluding carboxylic acids is 2. The van der Waals surface area contributed by atoms with E-state index in [0.29, 0.717) is 38.1 Å². The molecule has 28 heavy (non-hydrogen) atoms. The Bertz CT molecular complexity index is 684. The Morgan fingerprint density at radius 2 is 1.82 bits per heavy atom. The lowest BCUT2D eigenvalue weighted by molar-refractivity contribution is -0.147. The zero-order valence-electron chi connectivity index (χ0n) is 17.2. The van der Waals surface area contributed by atoms with Crippen LogP contribution in [-0.4, -0.2) is 59.4 Å². The van der Waals surface area contributed by atoms with Gasteiger partial charge < -0.3 is 14.9 Å². The molecule has 1 saturated heterocycles. The Kier molecular flexibility index (Phi) is 8.03. The van der Waals surface area contributed by atoms with Crippen LogP contribution in [0.2, 0.25) is 0 Å². The van der Waals surface area contributed by atoms with E-state index >= 15 is 0 Å². The SMILES string of the molecule is CC(C)Cc1ccc(CCC(=O)N(C)CC(=O)N2CCCC(C(=O)O)C2)cc1. The number of benzene rings is 1. The van der Waals surface area contributed by atoms with E-state index in [-0.39, 0.29) is 24.9 Å². The second-order valence-electron chi connectivity index (χ2n) is 8.18. The summed E-state index contributed by atoms with van der Waals surface area (Å²) >= 11 is 0. The zero-order valence-corrected chi connectivity index (χ0v) is 17.2. The van der Waals surface area contributed by atoms with Gasteiger partial charge in [-0.1, -0.05) is 38.1 Å². The monoisotopic (exact) mass is 388 g/mol. The Labute approximate surface area is 167 Å². The van der Waals surface area contributed by atoms with Gasteiger partial charge in [-0.3, -0.25) is 14.4 Å². The van der Waals surface area contributed by atoms with Crippen molar-refractivity contribution in [3.05, 3.63) is 35.4 Å². The minimum Gasteiger partial charge on any atom is -0.481 e. The van der Waals surface area contributed by atoms with E-state index in [0.717, 1.165) is 12.0 Å². The Balaban J connectivity index is 1.79. The van der Waals surface area contributed by atoms with Crippen molar-refractivity contribution in [2.75, 3.05) is 26.7 Å². The summed E-state index contributed by atoms with van der Waals surface area (Å²) in [5, 5.41) is 9.14. The van der Waals surface area contributed by atoms with Crippen LogP contribution >= 0.6 is 0 Å². The van der Waals surface area contributed by atoms with Crippen molar-refractivity contribution in [2.24, 2.45) is 11.8 Å². The molecule has 1 fully saturated rings. The van der Waals surface area contributed by atoms with Gasteiger partial charge in [0.25, 0.3) is 0 Å². The highest BCUT2D eigenvalue weighted by Gasteiger charge is 2.28. The van der Waals surface area contributed by atoms with Crippen molar-refractivity contribution >= 4 is 17.8 Å². The Morgan fingerprint density at radius 3 is 2.43 bits per heavy atom. The minimum atomic E-state index is -0.860. The normalized spacial score (nSPS) is 16.9. The van der Waals surface area contributed by atoms with E-state index in [2.05, 4.69) is 38.1 Å². The molecule has 1 unspecified atom stereocenters. The first-order chi connectivity index (χ1) is 13.3. The summed E-state index contributed by atoms with van der Waals surface area (Å²) in [7, 11) is 1.63. The van der Waals surface area contributed by atoms with Crippen LogP contribution in [0.15, 0.2) is 24.3 Å². The van der Waals surface area contributed by atoms with Gasteiger partial charge in [-0.15, -0.1) is 0 Å². The third-order valence-electron chi connectivity index (χ3n) is 5.22. The summed E-state index contributed by atoms with van der Waals surface area (Å²) in [5.41, 5.74) is 2.41. The number of likely N-dealkylation sites (tertiary alicyclic amines) is 1. The lowest BCUT2D eigenvalue weighted by Crippen LogP contribution is -2.46. The quantitative estimate of drug-likeness (QED) is 0.743. The van der Waals surface area contributed by atoms with Crippen LogP contribution in [0.1, 0.15) is 44.2 Å². The molecule has 1 atom stereocenters. The van der Waals surface area contributed by atoms with Gasteiger partial charge in [-0.2, -0.15) is 0 Å². The summed E-state index contributed by atoms with van der Waals surface area (Å²) in [6.45, 7) is 5.18. The van der Waals surface area contributed by atoms with Gasteiger partial charge in [0, 0.05) is 26.6 Å². The molecular weight excluding hydrogens is 356 g/mol. The van der Waals surface area contributed by atoms with Crippen LogP contribution in [0.4, 0.5) is 0 Å². The maximum Gasteiger partial charge on any atom is 0.308 e. The number of aliphatic carboxylic acids is 1. The summed E-state index contributed by atoms with van der Waals surface area (Å²) in [6, 6.07) is 8.36. The summed E-state index contributed by atoms with van der Waals surface area (Å²) in [5.74, 6) is -1.01. The predicted molar refractivity (Wildman–Crippen MR) is 108 cm³/mol. The smallest absolute Gasteiger partial charge is 0.308 e. The molecule has 154 valence electrons. The van der Waals surface area contributed by atoms with Crippen LogP contribution in [0.5, 0.6) is 0 Å². The molecule has 1 aromatic carbocycles. The highest BCUT2D eigenvalue weighted by atomic mass is 16.4. The van der Waals surface area contributed by atoms with Crippen LogP contribution in [0.3, 0.4) is 0 Å². The average molecular weight is 389 g/mol. The predicted octanol–water partition coefficient (Wildman–Crippen LogP) is 2.60. The molecule has 1 aliphatic heterocycles. The largest absolute Gasteiger partial charge is 0.481 e. The molecule has 1 N–H and O–H groups in total. The van der Waals surface area contributed by atoms with Gasteiger partial charge in [0.15, 0.2) is 0 Å². The summed E-state index contributed by atoms with van der Waals surface area (Å²) in [6.07, 6.45) is 3.33. The first kappa shape index (κ1) is 21.9. The lowest BCUT2D eigenvalue weighted by atomic mass is 9.98. The molecule has 0 radical (unpaired) electrons. The molecule has 0 aliphatic carbocycles. The van der Waals surface area contributed by atoms with E-state index in [1.54, 1.807) is 11.9 Å². The highest BCUT2D eigenvalue weighted by molar-refractivity contribution is 5.85. The molecule has 2 rings (SSSR count). The molecule has 0 bridgehead atoms. The molecule has 1 aliphatic rings. The van der Waals surface area contributed by atoms with Crippen molar-refractivity contribution in [1.82, 2.24) is 9.80 Å². The van der Waals surface area contributed by atoms with E-state index in [1.807, 2.05) is 0 Å². The number of hydrogen-bond donors (Lipinski definition) is 1. The van der Waals surface area contributed by atoms with E-state index in [9.17, 15) is 14.4 Å². The Morgan fingerprint density at radius 1 is 1.18 bits per heavy atom. The number of likely N-dealkylation sites (N-methyl/N-ethyl adjacent to an activating group) is 1. The number of carboxylic acids is 1. The second-order valence-corrected chi connectivity index (χ2v) is 8.18. The van der Waals surface area contributed by atoms with Gasteiger partial charge >= 0.3 is 5.97 Å². The Hall–Kier alpha value is -2.37. The molecule has 0 saturated carbocycles. The lowest BCUT2D eigenvalue weighted by Gasteiger charge is -2.32. The molecule has 0 aromatic heterocycles. The number of aryl methyl sites for hydroxylation is 1. The molecule has 1 heterocycles. The number of amides is 2. The number of piperidine rings is 1. The third-order valence-corrected chi connectivity index (χ3v) is 5.22. The molecule has 1 aromatic rings. The molecule has 2 amide bonds. The fourth-order valence-electron chi connectivity index (χ4n) is 3.55. The molecule has 0 spiro atoms. The summed E-state index contributed by atoms with van der Waals surface area (Å²) in [4.78, 5) is 39.0. The van der Waals surface area contributed by atoms with Gasteiger partial charge in [0.05, 0.1) is 12.5 Å². The standard InChI is InChI=1S/C22H32N2O4/c1-16(2)13-18-8-6-17(7-9-18)10-11-20(25)23(3)15-21(26)24-12-4-5-19(14-24)22(27)28/h6-9,16,19H,4-5,10-15H2,1-3H3,(H,27,28). The van der Waals surface area contributed by atoms with Gasteiger partial charge in [0.1, 0.15) is 0 Å². The van der Waals surface area contributed by atoms with E-state index < -0.39 is 11.9 Å². The second kappa shape index (κ2) is 10.2. The number of nitrogens with zero attached hydrogens (tertiary/aromatic N) is 2. The average Bonchev–Trinajstić information content (AvgIpc) is 2.66. The maximum atomic E-state index is 12.4. The van der Waals surface area contributed by atoms with Crippen molar-refractivity contribution in [3.63, 3.8) is 0 Å². The van der Waals surface area contributed by atoms with Crippen LogP contribution < -0.4 is 0 Å². The zero-order chi connectivity index (χ0) is 20.7. The van der Waals surface area contributed by atoms with Crippen LogP contribution in [-0.2, 0) is 27.2 Å². The molecule has 6 heteroatoms. The number of rotatable bonds is 8. The fourth-order valence-corrected chi connectivity index (χ4v) is 3.55. The number of hydrogen-bond acceptors (Lipinski definition) is 3. The first-order valence-corrected chi connectivity index (χ1v) is 10.1. The van der Waals surface area contributed by atoms with Gasteiger partial charge in [-0.25, -0.2) is 0 Å². The highest BCUT2D eigenvalue weighted by Crippen LogP contribution is 2.17. The molecular formula is C22H32N2O4. The van der Waals surface area contributed by atoms with Gasteiger partial charge in [0.2, 0.25) is 11.8 Å². The van der Waals surface area contributed by atoms with Crippen molar-refractivity contribution in [1.29, 1.82) is 0 Å². The maximum absolute atomic E-state index is 12.4. The number of carbonyl (C=O) groups is 3. The molecule has 6 nitrogen and oxygen atoms in total. The van der Waals surface area contributed by atoms with E-state index in [4.69, 9.17) is 5.11 Å². The van der Waals surface area contributed by atoms with Crippen molar-refractivity contribution in [3.8, 4) is 0 Å². The minimum absolute atomic E-state index is 0.00149. The van der Waals surface area contributed by atoms with Crippen LogP contribution in [0.25, 0.3) is 0 Å². The topological polar surface area (TPSA) is 77.9 Å². The summed E-state index contributed by atoms with van der Waals surface area (Å²) < 4.78 is 0. The number of carboxylic acid groups (broad SMARTS) is 1. The van der Waals surface area contributed by atoms with Crippen molar-refractivity contribution in [2.45, 2.75) is 46.0 Å². The van der Waals surface area contributed by atoms with E-state index in [1.165, 1.54) is 10.5 Å². The van der Waals surface area contributed by atoms with Crippen LogP contribution in [0, 0.1) is 11.8 Å². The van der Waals surface area contributed by atoms with Gasteiger partial charge in [-0.05, 0) is 42.7 Å². The van der Waals surface area contributed by atoms with Crippen molar-refractivity contribution < 1.29 is 19.5 Å². The first-order valence-electron chi connectivity index (χ1n) is 10.1. The third kappa shape index (κ3) is 6.66.